The van der Waals surface area contributed by atoms with E-state index < -0.39 is 11.8 Å². The standard InChI is InChI=1S/C31H39F2N3O/c1-20(2)35-23(5)21(3)22(4)34-15-24-7-9-25(10-8-24)16-36-17-26-11-12-28(13-29(26)30(32)18-36)37-19-27-14-31(27,6)33/h7-13,27,30,34H,4,14-19H2,1-3,5-6H3/b23-21+. The molecule has 2 aromatic carbocycles. The lowest BCUT2D eigenvalue weighted by molar-refractivity contribution is 0.158. The molecule has 1 fully saturated rings. The van der Waals surface area contributed by atoms with Gasteiger partial charge in [-0.25, -0.2) is 8.78 Å². The van der Waals surface area contributed by atoms with Crippen LogP contribution in [0.4, 0.5) is 8.78 Å². The van der Waals surface area contributed by atoms with E-state index in [-0.39, 0.29) is 5.92 Å². The minimum absolute atomic E-state index is 0.0591. The quantitative estimate of drug-likeness (QED) is 0.273. The maximum Gasteiger partial charge on any atom is 0.138 e. The van der Waals surface area contributed by atoms with Gasteiger partial charge < -0.3 is 10.1 Å². The maximum absolute atomic E-state index is 15.1. The lowest BCUT2D eigenvalue weighted by Crippen LogP contribution is -2.31. The Bertz CT molecular complexity index is 1200. The molecule has 0 bridgehead atoms. The molecular formula is C31H39F2N3O. The first kappa shape index (κ1) is 27.1. The van der Waals surface area contributed by atoms with Gasteiger partial charge >= 0.3 is 0 Å². The van der Waals surface area contributed by atoms with Crippen molar-refractivity contribution in [3.8, 4) is 5.75 Å². The second kappa shape index (κ2) is 11.2. The van der Waals surface area contributed by atoms with Crippen molar-refractivity contribution in [2.75, 3.05) is 13.2 Å². The summed E-state index contributed by atoms with van der Waals surface area (Å²) in [6.45, 7) is 16.5. The first-order valence-electron chi connectivity index (χ1n) is 13.0. The molecule has 1 aliphatic heterocycles. The molecule has 0 aromatic heterocycles. The van der Waals surface area contributed by atoms with Gasteiger partial charge in [-0.3, -0.25) is 9.89 Å². The number of rotatable bonds is 10. The smallest absolute Gasteiger partial charge is 0.138 e. The number of hydrogen-bond donors (Lipinski definition) is 1. The van der Waals surface area contributed by atoms with Gasteiger partial charge in [0.15, 0.2) is 0 Å². The highest BCUT2D eigenvalue weighted by Gasteiger charge is 2.51. The van der Waals surface area contributed by atoms with Gasteiger partial charge in [0.1, 0.15) is 17.6 Å². The van der Waals surface area contributed by atoms with Crippen molar-refractivity contribution in [2.45, 2.75) is 72.5 Å². The minimum atomic E-state index is -1.11. The molecule has 0 saturated heterocycles. The summed E-state index contributed by atoms with van der Waals surface area (Å²) < 4.78 is 34.6. The fourth-order valence-electron chi connectivity index (χ4n) is 4.70. The van der Waals surface area contributed by atoms with Crippen LogP contribution < -0.4 is 10.1 Å². The number of hydrogen-bond acceptors (Lipinski definition) is 4. The summed E-state index contributed by atoms with van der Waals surface area (Å²) in [5.41, 5.74) is 6.77. The summed E-state index contributed by atoms with van der Waals surface area (Å²) in [5.74, 6) is 0.565. The third-order valence-corrected chi connectivity index (χ3v) is 7.38. The van der Waals surface area contributed by atoms with Crippen LogP contribution in [-0.4, -0.2) is 29.4 Å². The minimum Gasteiger partial charge on any atom is -0.493 e. The number of fused-ring (bicyclic) bond motifs is 1. The second-order valence-electron chi connectivity index (χ2n) is 10.9. The summed E-state index contributed by atoms with van der Waals surface area (Å²) in [4.78, 5) is 6.64. The molecule has 37 heavy (non-hydrogen) atoms. The maximum atomic E-state index is 15.1. The van der Waals surface area contributed by atoms with Crippen molar-refractivity contribution >= 4 is 5.71 Å². The van der Waals surface area contributed by atoms with Gasteiger partial charge in [0.2, 0.25) is 0 Å². The Morgan fingerprint density at radius 3 is 2.46 bits per heavy atom. The SMILES string of the molecule is C=C(NCc1ccc(CN2Cc3ccc(OCC4CC4(C)F)cc3C(F)C2)cc1)/C(C)=C(\C)N=C(C)C. The van der Waals surface area contributed by atoms with Gasteiger partial charge in [0.25, 0.3) is 0 Å². The van der Waals surface area contributed by atoms with E-state index in [1.165, 1.54) is 0 Å². The van der Waals surface area contributed by atoms with Crippen molar-refractivity contribution in [2.24, 2.45) is 10.9 Å². The zero-order chi connectivity index (χ0) is 26.7. The van der Waals surface area contributed by atoms with Crippen LogP contribution >= 0.6 is 0 Å². The van der Waals surface area contributed by atoms with E-state index in [9.17, 15) is 4.39 Å². The largest absolute Gasteiger partial charge is 0.493 e. The van der Waals surface area contributed by atoms with Gasteiger partial charge in [-0.15, -0.1) is 0 Å². The van der Waals surface area contributed by atoms with Crippen LogP contribution in [0.3, 0.4) is 0 Å². The van der Waals surface area contributed by atoms with Crippen molar-refractivity contribution in [1.29, 1.82) is 0 Å². The number of ether oxygens (including phenoxy) is 1. The van der Waals surface area contributed by atoms with Gasteiger partial charge in [0, 0.05) is 49.2 Å². The van der Waals surface area contributed by atoms with Crippen molar-refractivity contribution in [1.82, 2.24) is 10.2 Å². The van der Waals surface area contributed by atoms with Crippen LogP contribution in [0.1, 0.15) is 69.5 Å². The van der Waals surface area contributed by atoms with Crippen molar-refractivity contribution in [3.05, 3.63) is 88.3 Å². The average molecular weight is 508 g/mol. The Morgan fingerprint density at radius 2 is 1.81 bits per heavy atom. The van der Waals surface area contributed by atoms with E-state index in [4.69, 9.17) is 4.74 Å². The zero-order valence-corrected chi connectivity index (χ0v) is 22.7. The van der Waals surface area contributed by atoms with Gasteiger partial charge in [0.05, 0.1) is 6.61 Å². The highest BCUT2D eigenvalue weighted by atomic mass is 19.1. The third-order valence-electron chi connectivity index (χ3n) is 7.38. The van der Waals surface area contributed by atoms with Crippen LogP contribution in [0.2, 0.25) is 0 Å². The Hall–Kier alpha value is -2.99. The van der Waals surface area contributed by atoms with Crippen LogP contribution in [0.15, 0.2) is 71.0 Å². The molecular weight excluding hydrogens is 468 g/mol. The molecule has 4 rings (SSSR count). The number of allylic oxidation sites excluding steroid dienone is 2. The van der Waals surface area contributed by atoms with Gasteiger partial charge in [-0.1, -0.05) is 36.9 Å². The molecule has 3 unspecified atom stereocenters. The van der Waals surface area contributed by atoms with Crippen LogP contribution in [0.25, 0.3) is 0 Å². The summed E-state index contributed by atoms with van der Waals surface area (Å²) >= 11 is 0. The van der Waals surface area contributed by atoms with E-state index in [2.05, 4.69) is 46.1 Å². The number of aliphatic imine (C=N–C) groups is 1. The molecule has 1 heterocycles. The van der Waals surface area contributed by atoms with E-state index in [1.807, 2.05) is 39.8 Å². The number of nitrogens with one attached hydrogen (secondary N) is 1. The van der Waals surface area contributed by atoms with E-state index in [1.54, 1.807) is 13.0 Å². The molecule has 0 amide bonds. The summed E-state index contributed by atoms with van der Waals surface area (Å²) in [7, 11) is 0. The number of benzene rings is 2. The Kier molecular flexibility index (Phi) is 8.17. The number of halogens is 2. The van der Waals surface area contributed by atoms with Gasteiger partial charge in [-0.2, -0.15) is 0 Å². The molecule has 6 heteroatoms. The Balaban J connectivity index is 1.29. The summed E-state index contributed by atoms with van der Waals surface area (Å²) in [5, 5.41) is 3.39. The lowest BCUT2D eigenvalue weighted by Gasteiger charge is -2.31. The first-order chi connectivity index (χ1) is 17.5. The predicted octanol–water partition coefficient (Wildman–Crippen LogP) is 7.22. The van der Waals surface area contributed by atoms with Crippen LogP contribution in [0.5, 0.6) is 5.75 Å². The molecule has 198 valence electrons. The average Bonchev–Trinajstić information content (AvgIpc) is 3.47. The number of alkyl halides is 2. The highest BCUT2D eigenvalue weighted by Crippen LogP contribution is 2.47. The van der Waals surface area contributed by atoms with Crippen LogP contribution in [-0.2, 0) is 19.6 Å². The van der Waals surface area contributed by atoms with Crippen molar-refractivity contribution in [3.63, 3.8) is 0 Å². The monoisotopic (exact) mass is 507 g/mol. The normalized spacial score (nSPS) is 23.5. The topological polar surface area (TPSA) is 36.9 Å². The van der Waals surface area contributed by atoms with E-state index in [0.717, 1.165) is 39.4 Å². The Morgan fingerprint density at radius 1 is 1.14 bits per heavy atom. The van der Waals surface area contributed by atoms with E-state index in [0.29, 0.717) is 50.5 Å². The fraction of sp³-hybridized carbons (Fsp3) is 0.452. The highest BCUT2D eigenvalue weighted by molar-refractivity contribution is 5.80. The molecule has 2 aromatic rings. The third kappa shape index (κ3) is 7.07. The molecule has 3 atom stereocenters. The summed E-state index contributed by atoms with van der Waals surface area (Å²) in [6.07, 6.45) is -0.536. The molecule has 0 spiro atoms. The number of nitrogens with zero attached hydrogens (tertiary/aromatic N) is 2. The molecule has 0 radical (unpaired) electrons. The lowest BCUT2D eigenvalue weighted by atomic mass is 9.97. The predicted molar refractivity (Wildman–Crippen MR) is 147 cm³/mol. The van der Waals surface area contributed by atoms with Gasteiger partial charge in [-0.05, 0) is 81.0 Å². The fourth-order valence-corrected chi connectivity index (χ4v) is 4.70. The molecule has 1 aliphatic carbocycles. The molecule has 2 aliphatic rings. The molecule has 1 N–H and O–H groups in total. The molecule has 1 saturated carbocycles. The molecule has 4 nitrogen and oxygen atoms in total. The van der Waals surface area contributed by atoms with Crippen molar-refractivity contribution < 1.29 is 13.5 Å². The van der Waals surface area contributed by atoms with Crippen LogP contribution in [0, 0.1) is 5.92 Å². The first-order valence-corrected chi connectivity index (χ1v) is 13.0. The zero-order valence-electron chi connectivity index (χ0n) is 22.7. The van der Waals surface area contributed by atoms with E-state index >= 15 is 4.39 Å². The summed E-state index contributed by atoms with van der Waals surface area (Å²) in [6, 6.07) is 14.0. The second-order valence-corrected chi connectivity index (χ2v) is 10.9. The Labute approximate surface area is 220 Å².